The fraction of sp³-hybridized carbons (Fsp3) is 0. The van der Waals surface area contributed by atoms with Gasteiger partial charge in [-0.15, -0.1) is 0 Å². The molecule has 0 bridgehead atoms. The van der Waals surface area contributed by atoms with Gasteiger partial charge in [0.25, 0.3) is 0 Å². The SMILES string of the molecule is O=C(c1ccc[nH]1)c1cc2ccccc2[nH]1. The van der Waals surface area contributed by atoms with Crippen LogP contribution in [0.1, 0.15) is 16.2 Å². The van der Waals surface area contributed by atoms with Crippen LogP contribution in [0.15, 0.2) is 48.7 Å². The van der Waals surface area contributed by atoms with Crippen LogP contribution in [-0.2, 0) is 0 Å². The van der Waals surface area contributed by atoms with Gasteiger partial charge >= 0.3 is 0 Å². The summed E-state index contributed by atoms with van der Waals surface area (Å²) in [6.07, 6.45) is 1.75. The number of para-hydroxylation sites is 1. The molecule has 0 saturated carbocycles. The standard InChI is InChI=1S/C13H10N2O/c16-13(11-6-3-7-14-11)12-8-9-4-1-2-5-10(9)15-12/h1-8,14-15H. The first kappa shape index (κ1) is 8.97. The molecule has 0 fully saturated rings. The minimum Gasteiger partial charge on any atom is -0.358 e. The third-order valence-electron chi connectivity index (χ3n) is 2.62. The summed E-state index contributed by atoms with van der Waals surface area (Å²) < 4.78 is 0. The largest absolute Gasteiger partial charge is 0.358 e. The topological polar surface area (TPSA) is 48.6 Å². The maximum absolute atomic E-state index is 12.0. The van der Waals surface area contributed by atoms with Crippen molar-refractivity contribution in [1.29, 1.82) is 0 Å². The van der Waals surface area contributed by atoms with Gasteiger partial charge in [-0.25, -0.2) is 0 Å². The number of hydrogen-bond acceptors (Lipinski definition) is 1. The number of nitrogens with one attached hydrogen (secondary N) is 2. The third-order valence-corrected chi connectivity index (χ3v) is 2.62. The van der Waals surface area contributed by atoms with Gasteiger partial charge < -0.3 is 9.97 Å². The van der Waals surface area contributed by atoms with E-state index in [1.54, 1.807) is 12.3 Å². The van der Waals surface area contributed by atoms with Crippen LogP contribution in [0.5, 0.6) is 0 Å². The van der Waals surface area contributed by atoms with E-state index in [1.165, 1.54) is 0 Å². The lowest BCUT2D eigenvalue weighted by Gasteiger charge is -1.92. The molecule has 0 aliphatic heterocycles. The van der Waals surface area contributed by atoms with Crippen molar-refractivity contribution < 1.29 is 4.79 Å². The summed E-state index contributed by atoms with van der Waals surface area (Å²) in [5.41, 5.74) is 2.20. The first-order valence-corrected chi connectivity index (χ1v) is 5.10. The second-order valence-electron chi connectivity index (χ2n) is 3.68. The van der Waals surface area contributed by atoms with Crippen molar-refractivity contribution in [1.82, 2.24) is 9.97 Å². The lowest BCUT2D eigenvalue weighted by Crippen LogP contribution is -2.01. The number of carbonyl (C=O) groups is 1. The number of benzene rings is 1. The van der Waals surface area contributed by atoms with Crippen LogP contribution in [0.3, 0.4) is 0 Å². The zero-order chi connectivity index (χ0) is 11.0. The van der Waals surface area contributed by atoms with Crippen LogP contribution in [0, 0.1) is 0 Å². The van der Waals surface area contributed by atoms with Crippen LogP contribution in [0.25, 0.3) is 10.9 Å². The summed E-state index contributed by atoms with van der Waals surface area (Å²) in [5, 5.41) is 1.05. The Kier molecular flexibility index (Phi) is 1.90. The molecule has 0 aliphatic rings. The molecule has 0 saturated heterocycles. The first-order valence-electron chi connectivity index (χ1n) is 5.10. The Morgan fingerprint density at radius 2 is 1.88 bits per heavy atom. The van der Waals surface area contributed by atoms with E-state index in [0.717, 1.165) is 10.9 Å². The maximum atomic E-state index is 12.0. The van der Waals surface area contributed by atoms with Crippen LogP contribution in [-0.4, -0.2) is 15.8 Å². The van der Waals surface area contributed by atoms with Gasteiger partial charge in [0.2, 0.25) is 5.78 Å². The minimum atomic E-state index is -0.0128. The molecule has 0 unspecified atom stereocenters. The monoisotopic (exact) mass is 210 g/mol. The minimum absolute atomic E-state index is 0.0128. The van der Waals surface area contributed by atoms with Gasteiger partial charge in [-0.2, -0.15) is 0 Å². The van der Waals surface area contributed by atoms with Gasteiger partial charge in [-0.1, -0.05) is 18.2 Å². The number of aromatic amines is 2. The molecule has 0 amide bonds. The Morgan fingerprint density at radius 1 is 1.00 bits per heavy atom. The highest BCUT2D eigenvalue weighted by atomic mass is 16.1. The molecule has 0 aliphatic carbocycles. The number of H-pyrrole nitrogens is 2. The summed E-state index contributed by atoms with van der Waals surface area (Å²) in [5.74, 6) is -0.0128. The fourth-order valence-corrected chi connectivity index (χ4v) is 1.81. The molecule has 16 heavy (non-hydrogen) atoms. The average molecular weight is 210 g/mol. The van der Waals surface area contributed by atoms with E-state index >= 15 is 0 Å². The Bertz CT molecular complexity index is 602. The van der Waals surface area contributed by atoms with Crippen LogP contribution in [0.2, 0.25) is 0 Å². The van der Waals surface area contributed by atoms with Crippen molar-refractivity contribution in [2.75, 3.05) is 0 Å². The normalized spacial score (nSPS) is 10.8. The van der Waals surface area contributed by atoms with Crippen molar-refractivity contribution >= 4 is 16.7 Å². The molecule has 1 aromatic carbocycles. The van der Waals surface area contributed by atoms with Crippen LogP contribution < -0.4 is 0 Å². The first-order chi connectivity index (χ1) is 7.84. The predicted octanol–water partition coefficient (Wildman–Crippen LogP) is 2.73. The number of fused-ring (bicyclic) bond motifs is 1. The second kappa shape index (κ2) is 3.38. The Morgan fingerprint density at radius 3 is 2.62 bits per heavy atom. The average Bonchev–Trinajstić information content (AvgIpc) is 2.97. The number of carbonyl (C=O) groups excluding carboxylic acids is 1. The van der Waals surface area contributed by atoms with Crippen LogP contribution in [0.4, 0.5) is 0 Å². The molecule has 0 atom stereocenters. The van der Waals surface area contributed by atoms with E-state index in [0.29, 0.717) is 11.4 Å². The van der Waals surface area contributed by atoms with Crippen molar-refractivity contribution in [2.24, 2.45) is 0 Å². The summed E-state index contributed by atoms with van der Waals surface area (Å²) in [6, 6.07) is 13.3. The molecule has 78 valence electrons. The maximum Gasteiger partial charge on any atom is 0.225 e. The molecular formula is C13H10N2O. The highest BCUT2D eigenvalue weighted by Gasteiger charge is 2.11. The number of aromatic nitrogens is 2. The summed E-state index contributed by atoms with van der Waals surface area (Å²) >= 11 is 0. The zero-order valence-electron chi connectivity index (χ0n) is 8.53. The fourth-order valence-electron chi connectivity index (χ4n) is 1.81. The number of rotatable bonds is 2. The van der Waals surface area contributed by atoms with Crippen LogP contribution >= 0.6 is 0 Å². The molecule has 2 aromatic heterocycles. The zero-order valence-corrected chi connectivity index (χ0v) is 8.53. The lowest BCUT2D eigenvalue weighted by atomic mass is 10.2. The van der Waals surface area contributed by atoms with Crippen molar-refractivity contribution in [2.45, 2.75) is 0 Å². The molecule has 0 spiro atoms. The van der Waals surface area contributed by atoms with E-state index < -0.39 is 0 Å². The number of hydrogen-bond donors (Lipinski definition) is 2. The van der Waals surface area contributed by atoms with Crippen molar-refractivity contribution in [3.63, 3.8) is 0 Å². The molecule has 3 rings (SSSR count). The van der Waals surface area contributed by atoms with E-state index in [9.17, 15) is 4.79 Å². The third kappa shape index (κ3) is 1.34. The molecule has 2 N–H and O–H groups in total. The quantitative estimate of drug-likeness (QED) is 0.628. The molecule has 2 heterocycles. The highest BCUT2D eigenvalue weighted by molar-refractivity contribution is 6.08. The highest BCUT2D eigenvalue weighted by Crippen LogP contribution is 2.16. The van der Waals surface area contributed by atoms with E-state index in [4.69, 9.17) is 0 Å². The summed E-state index contributed by atoms with van der Waals surface area (Å²) in [6.45, 7) is 0. The smallest absolute Gasteiger partial charge is 0.225 e. The molecule has 0 radical (unpaired) electrons. The molecule has 3 aromatic rings. The van der Waals surface area contributed by atoms with Crippen molar-refractivity contribution in [3.05, 3.63) is 60.0 Å². The van der Waals surface area contributed by atoms with Gasteiger partial charge in [0.05, 0.1) is 11.4 Å². The van der Waals surface area contributed by atoms with E-state index in [-0.39, 0.29) is 5.78 Å². The van der Waals surface area contributed by atoms with Gasteiger partial charge in [-0.05, 0) is 24.3 Å². The summed E-state index contributed by atoms with van der Waals surface area (Å²) in [4.78, 5) is 18.0. The Labute approximate surface area is 92.1 Å². The van der Waals surface area contributed by atoms with Gasteiger partial charge in [0, 0.05) is 17.1 Å². The number of ketones is 1. The molecule has 3 heteroatoms. The summed E-state index contributed by atoms with van der Waals surface area (Å²) in [7, 11) is 0. The van der Waals surface area contributed by atoms with Gasteiger partial charge in [0.15, 0.2) is 0 Å². The van der Waals surface area contributed by atoms with Gasteiger partial charge in [-0.3, -0.25) is 4.79 Å². The Hall–Kier alpha value is -2.29. The van der Waals surface area contributed by atoms with E-state index in [1.807, 2.05) is 36.4 Å². The van der Waals surface area contributed by atoms with Crippen molar-refractivity contribution in [3.8, 4) is 0 Å². The Balaban J connectivity index is 2.10. The van der Waals surface area contributed by atoms with Gasteiger partial charge in [0.1, 0.15) is 0 Å². The predicted molar refractivity (Wildman–Crippen MR) is 62.5 cm³/mol. The second-order valence-corrected chi connectivity index (χ2v) is 3.68. The molecule has 3 nitrogen and oxygen atoms in total. The lowest BCUT2D eigenvalue weighted by molar-refractivity contribution is 0.103. The van der Waals surface area contributed by atoms with E-state index in [2.05, 4.69) is 9.97 Å². The molecular weight excluding hydrogens is 200 g/mol.